The van der Waals surface area contributed by atoms with Crippen LogP contribution in [0.25, 0.3) is 0 Å². The van der Waals surface area contributed by atoms with Gasteiger partial charge in [0, 0.05) is 31.6 Å². The van der Waals surface area contributed by atoms with Crippen molar-refractivity contribution in [2.24, 2.45) is 11.7 Å². The van der Waals surface area contributed by atoms with Crippen LogP contribution in [-0.4, -0.2) is 89.0 Å². The Bertz CT molecular complexity index is 1250. The van der Waals surface area contributed by atoms with Crippen LogP contribution in [0.2, 0.25) is 0 Å². The molecule has 2 aromatic carbocycles. The molecule has 2 fully saturated rings. The molecule has 1 unspecified atom stereocenters. The predicted molar refractivity (Wildman–Crippen MR) is 161 cm³/mol. The molecule has 2 saturated heterocycles. The van der Waals surface area contributed by atoms with E-state index in [2.05, 4.69) is 5.32 Å². The SMILES string of the molecule is CCCCN1CC(=O)N(CC(=O)N[C@@H](CC2CCCN(C(=N)N)C2)C(=O)c2ccccc2)[C@H](Cc2ccccc2)C1=O. The summed E-state index contributed by atoms with van der Waals surface area (Å²) in [6.07, 6.45) is 4.07. The third-order valence-corrected chi connectivity index (χ3v) is 8.13. The molecule has 0 aliphatic carbocycles. The van der Waals surface area contributed by atoms with E-state index in [-0.39, 0.29) is 42.6 Å². The first kappa shape index (κ1) is 30.7. The van der Waals surface area contributed by atoms with Crippen molar-refractivity contribution in [3.63, 3.8) is 0 Å². The van der Waals surface area contributed by atoms with E-state index in [1.54, 1.807) is 34.1 Å². The van der Waals surface area contributed by atoms with Crippen molar-refractivity contribution in [2.75, 3.05) is 32.7 Å². The molecule has 10 nitrogen and oxygen atoms in total. The fourth-order valence-electron chi connectivity index (χ4n) is 5.86. The highest BCUT2D eigenvalue weighted by atomic mass is 16.2. The molecule has 2 aliphatic heterocycles. The zero-order valence-corrected chi connectivity index (χ0v) is 24.3. The second-order valence-corrected chi connectivity index (χ2v) is 11.3. The number of amides is 3. The summed E-state index contributed by atoms with van der Waals surface area (Å²) in [5.74, 6) is -1.08. The molecule has 0 radical (unpaired) electrons. The highest BCUT2D eigenvalue weighted by Crippen LogP contribution is 2.23. The number of guanidine groups is 1. The van der Waals surface area contributed by atoms with Gasteiger partial charge >= 0.3 is 0 Å². The Balaban J connectivity index is 1.52. The maximum Gasteiger partial charge on any atom is 0.246 e. The molecule has 0 spiro atoms. The number of likely N-dealkylation sites (tertiary alicyclic amines) is 1. The molecule has 4 rings (SSSR count). The number of unbranched alkanes of at least 4 members (excludes halogenated alkanes) is 1. The molecule has 0 saturated carbocycles. The first-order chi connectivity index (χ1) is 20.3. The van der Waals surface area contributed by atoms with E-state index in [0.717, 1.165) is 31.2 Å². The van der Waals surface area contributed by atoms with Crippen molar-refractivity contribution in [3.05, 3.63) is 71.8 Å². The number of piperidine rings is 1. The van der Waals surface area contributed by atoms with Crippen molar-refractivity contribution in [2.45, 2.75) is 57.5 Å². The van der Waals surface area contributed by atoms with Gasteiger partial charge in [0.25, 0.3) is 0 Å². The summed E-state index contributed by atoms with van der Waals surface area (Å²) >= 11 is 0. The molecular formula is C32H42N6O4. The van der Waals surface area contributed by atoms with Gasteiger partial charge in [-0.15, -0.1) is 0 Å². The minimum absolute atomic E-state index is 0.000359. The number of piperazine rings is 1. The Morgan fingerprint density at radius 2 is 1.76 bits per heavy atom. The number of benzene rings is 2. The second kappa shape index (κ2) is 14.6. The van der Waals surface area contributed by atoms with Crippen molar-refractivity contribution in [1.29, 1.82) is 5.41 Å². The van der Waals surface area contributed by atoms with Gasteiger partial charge in [-0.2, -0.15) is 0 Å². The average Bonchev–Trinajstić information content (AvgIpc) is 3.00. The van der Waals surface area contributed by atoms with Crippen LogP contribution in [0.1, 0.15) is 54.9 Å². The highest BCUT2D eigenvalue weighted by molar-refractivity contribution is 6.02. The van der Waals surface area contributed by atoms with Gasteiger partial charge in [-0.1, -0.05) is 74.0 Å². The molecular weight excluding hydrogens is 532 g/mol. The van der Waals surface area contributed by atoms with E-state index in [0.29, 0.717) is 38.0 Å². The summed E-state index contributed by atoms with van der Waals surface area (Å²) in [5.41, 5.74) is 7.11. The van der Waals surface area contributed by atoms with E-state index in [1.165, 1.54) is 4.90 Å². The number of nitrogens with zero attached hydrogens (tertiary/aromatic N) is 3. The van der Waals surface area contributed by atoms with Crippen LogP contribution in [-0.2, 0) is 20.8 Å². The van der Waals surface area contributed by atoms with Crippen molar-refractivity contribution in [3.8, 4) is 0 Å². The summed E-state index contributed by atoms with van der Waals surface area (Å²) in [6.45, 7) is 3.39. The molecule has 2 heterocycles. The van der Waals surface area contributed by atoms with E-state index in [4.69, 9.17) is 11.1 Å². The third-order valence-electron chi connectivity index (χ3n) is 8.13. The lowest BCUT2D eigenvalue weighted by molar-refractivity contribution is -0.157. The first-order valence-corrected chi connectivity index (χ1v) is 14.9. The second-order valence-electron chi connectivity index (χ2n) is 11.3. The Hall–Kier alpha value is -4.21. The van der Waals surface area contributed by atoms with Crippen LogP contribution in [0.5, 0.6) is 0 Å². The van der Waals surface area contributed by atoms with E-state index >= 15 is 0 Å². The minimum atomic E-state index is -0.818. The fraction of sp³-hybridized carbons (Fsp3) is 0.469. The number of carbonyl (C=O) groups is 4. The first-order valence-electron chi connectivity index (χ1n) is 14.9. The quantitative estimate of drug-likeness (QED) is 0.202. The maximum atomic E-state index is 13.6. The minimum Gasteiger partial charge on any atom is -0.370 e. The lowest BCUT2D eigenvalue weighted by Gasteiger charge is -2.40. The van der Waals surface area contributed by atoms with Gasteiger partial charge in [-0.25, -0.2) is 0 Å². The monoisotopic (exact) mass is 574 g/mol. The summed E-state index contributed by atoms with van der Waals surface area (Å²) in [4.78, 5) is 58.8. The Morgan fingerprint density at radius 1 is 1.07 bits per heavy atom. The van der Waals surface area contributed by atoms with Gasteiger partial charge in [-0.05, 0) is 37.2 Å². The van der Waals surface area contributed by atoms with Crippen molar-refractivity contribution in [1.82, 2.24) is 20.0 Å². The number of hydrogen-bond donors (Lipinski definition) is 3. The van der Waals surface area contributed by atoms with Crippen LogP contribution in [0.3, 0.4) is 0 Å². The topological polar surface area (TPSA) is 140 Å². The molecule has 10 heteroatoms. The predicted octanol–water partition coefficient (Wildman–Crippen LogP) is 2.43. The van der Waals surface area contributed by atoms with E-state index < -0.39 is 18.0 Å². The number of nitrogens with two attached hydrogens (primary N) is 1. The number of nitrogens with one attached hydrogen (secondary N) is 2. The smallest absolute Gasteiger partial charge is 0.246 e. The standard InChI is InChI=1S/C32H42N6O4/c1-2-3-16-36-22-29(40)38(27(31(36)42)19-23-11-6-4-7-12-23)21-28(39)35-26(30(41)25-14-8-5-9-15-25)18-24-13-10-17-37(20-24)32(33)34/h4-9,11-12,14-15,24,26-27H,2-3,10,13,16-22H2,1H3,(H3,33,34)(H,35,39)/t24?,26-,27+/m0/s1. The molecule has 3 amide bonds. The lowest BCUT2D eigenvalue weighted by Crippen LogP contribution is -2.62. The van der Waals surface area contributed by atoms with Crippen LogP contribution in [0.15, 0.2) is 60.7 Å². The zero-order chi connectivity index (χ0) is 30.1. The van der Waals surface area contributed by atoms with Crippen LogP contribution >= 0.6 is 0 Å². The zero-order valence-electron chi connectivity index (χ0n) is 24.3. The van der Waals surface area contributed by atoms with Gasteiger partial charge in [-0.3, -0.25) is 24.6 Å². The number of hydrogen-bond acceptors (Lipinski definition) is 5. The summed E-state index contributed by atoms with van der Waals surface area (Å²) < 4.78 is 0. The van der Waals surface area contributed by atoms with Crippen LogP contribution in [0.4, 0.5) is 0 Å². The molecule has 224 valence electrons. The van der Waals surface area contributed by atoms with Gasteiger partial charge < -0.3 is 25.8 Å². The summed E-state index contributed by atoms with van der Waals surface area (Å²) in [7, 11) is 0. The van der Waals surface area contributed by atoms with Gasteiger partial charge in [0.15, 0.2) is 11.7 Å². The highest BCUT2D eigenvalue weighted by Gasteiger charge is 2.40. The molecule has 3 atom stereocenters. The van der Waals surface area contributed by atoms with Crippen molar-refractivity contribution >= 4 is 29.5 Å². The van der Waals surface area contributed by atoms with Crippen molar-refractivity contribution < 1.29 is 19.2 Å². The van der Waals surface area contributed by atoms with Gasteiger partial charge in [0.1, 0.15) is 12.6 Å². The average molecular weight is 575 g/mol. The normalized spacial score (nSPS) is 19.9. The van der Waals surface area contributed by atoms with E-state index in [9.17, 15) is 19.2 Å². The largest absolute Gasteiger partial charge is 0.370 e. The molecule has 2 aromatic rings. The molecule has 4 N–H and O–H groups in total. The number of carbonyl (C=O) groups excluding carboxylic acids is 4. The molecule has 0 bridgehead atoms. The Labute approximate surface area is 247 Å². The molecule has 0 aromatic heterocycles. The fourth-order valence-corrected chi connectivity index (χ4v) is 5.86. The third kappa shape index (κ3) is 7.96. The Kier molecular flexibility index (Phi) is 10.7. The van der Waals surface area contributed by atoms with E-state index in [1.807, 2.05) is 43.3 Å². The number of rotatable bonds is 12. The van der Waals surface area contributed by atoms with Gasteiger partial charge in [0.05, 0.1) is 12.6 Å². The number of ketones is 1. The van der Waals surface area contributed by atoms with Crippen LogP contribution < -0.4 is 11.1 Å². The summed E-state index contributed by atoms with van der Waals surface area (Å²) in [6, 6.07) is 16.7. The Morgan fingerprint density at radius 3 is 2.43 bits per heavy atom. The molecule has 42 heavy (non-hydrogen) atoms. The van der Waals surface area contributed by atoms with Crippen LogP contribution in [0, 0.1) is 11.3 Å². The molecule has 2 aliphatic rings. The summed E-state index contributed by atoms with van der Waals surface area (Å²) in [5, 5.41) is 10.7. The maximum absolute atomic E-state index is 13.6. The lowest BCUT2D eigenvalue weighted by atomic mass is 9.88. The number of Topliss-reactive ketones (excluding diaryl/α,β-unsaturated/α-hetero) is 1. The van der Waals surface area contributed by atoms with Gasteiger partial charge in [0.2, 0.25) is 17.7 Å².